The summed E-state index contributed by atoms with van der Waals surface area (Å²) in [5.74, 6) is 1.69. The van der Waals surface area contributed by atoms with Crippen molar-refractivity contribution in [3.8, 4) is 11.6 Å². The van der Waals surface area contributed by atoms with Gasteiger partial charge >= 0.3 is 0 Å². The molecule has 2 N–H and O–H groups in total. The zero-order valence-electron chi connectivity index (χ0n) is 11.0. The highest BCUT2D eigenvalue weighted by Crippen LogP contribution is 2.28. The van der Waals surface area contributed by atoms with Crippen LogP contribution in [-0.4, -0.2) is 33.5 Å². The summed E-state index contributed by atoms with van der Waals surface area (Å²) in [6, 6.07) is 7.84. The van der Waals surface area contributed by atoms with Crippen LogP contribution in [0.1, 0.15) is 0 Å². The van der Waals surface area contributed by atoms with E-state index < -0.39 is 0 Å². The molecule has 2 aromatic heterocycles. The van der Waals surface area contributed by atoms with Gasteiger partial charge in [0.15, 0.2) is 5.65 Å². The number of hydrogen-bond donors (Lipinski definition) is 2. The maximum absolute atomic E-state index is 5.83. The summed E-state index contributed by atoms with van der Waals surface area (Å²) in [5, 5.41) is 10.4. The zero-order chi connectivity index (χ0) is 13.9. The van der Waals surface area contributed by atoms with Gasteiger partial charge in [-0.15, -0.1) is 11.8 Å². The Labute approximate surface area is 120 Å². The summed E-state index contributed by atoms with van der Waals surface area (Å²) in [7, 11) is 1.76. The van der Waals surface area contributed by atoms with Crippen molar-refractivity contribution in [2.75, 3.05) is 18.6 Å². The van der Waals surface area contributed by atoms with E-state index in [1.807, 2.05) is 30.5 Å². The molecule has 0 aliphatic rings. The topological polar surface area (TPSA) is 75.7 Å². The van der Waals surface area contributed by atoms with Gasteiger partial charge in [0, 0.05) is 11.9 Å². The van der Waals surface area contributed by atoms with Crippen LogP contribution in [0.5, 0.6) is 11.6 Å². The third-order valence-corrected chi connectivity index (χ3v) is 3.52. The fourth-order valence-corrected chi connectivity index (χ4v) is 2.16. The van der Waals surface area contributed by atoms with Crippen LogP contribution < -0.4 is 10.1 Å². The van der Waals surface area contributed by atoms with Crippen molar-refractivity contribution in [3.63, 3.8) is 0 Å². The maximum atomic E-state index is 5.83. The monoisotopic (exact) mass is 287 g/mol. The number of nitrogens with zero attached hydrogens (tertiary/aromatic N) is 3. The minimum absolute atomic E-state index is 0.477. The fourth-order valence-electron chi connectivity index (χ4n) is 1.75. The summed E-state index contributed by atoms with van der Waals surface area (Å²) in [6.07, 6.45) is 3.69. The van der Waals surface area contributed by atoms with Gasteiger partial charge in [0.1, 0.15) is 11.1 Å². The Morgan fingerprint density at radius 1 is 1.20 bits per heavy atom. The summed E-state index contributed by atoms with van der Waals surface area (Å²) in [6.45, 7) is 0. The third-order valence-electron chi connectivity index (χ3n) is 2.77. The lowest BCUT2D eigenvalue weighted by atomic mass is 10.3. The van der Waals surface area contributed by atoms with E-state index in [0.717, 1.165) is 11.1 Å². The van der Waals surface area contributed by atoms with Gasteiger partial charge < -0.3 is 10.1 Å². The zero-order valence-corrected chi connectivity index (χ0v) is 11.9. The van der Waals surface area contributed by atoms with Gasteiger partial charge in [-0.25, -0.2) is 0 Å². The highest BCUT2D eigenvalue weighted by Gasteiger charge is 2.11. The van der Waals surface area contributed by atoms with Gasteiger partial charge in [0.05, 0.1) is 6.20 Å². The molecule has 0 bridgehead atoms. The molecule has 102 valence electrons. The molecular weight excluding hydrogens is 274 g/mol. The molecule has 0 fully saturated rings. The largest absolute Gasteiger partial charge is 0.438 e. The van der Waals surface area contributed by atoms with E-state index in [-0.39, 0.29) is 0 Å². The summed E-state index contributed by atoms with van der Waals surface area (Å²) in [4.78, 5) is 9.76. The highest BCUT2D eigenvalue weighted by molar-refractivity contribution is 7.98. The Morgan fingerprint density at radius 3 is 2.70 bits per heavy atom. The van der Waals surface area contributed by atoms with Crippen molar-refractivity contribution < 1.29 is 4.74 Å². The highest BCUT2D eigenvalue weighted by atomic mass is 32.2. The molecule has 6 nitrogen and oxygen atoms in total. The van der Waals surface area contributed by atoms with Crippen LogP contribution in [0.2, 0.25) is 0 Å². The molecule has 0 aliphatic carbocycles. The molecule has 1 aromatic carbocycles. The molecule has 0 atom stereocenters. The van der Waals surface area contributed by atoms with Crippen LogP contribution in [0, 0.1) is 0 Å². The molecule has 0 aliphatic heterocycles. The number of hydrogen-bond acceptors (Lipinski definition) is 6. The first-order chi connectivity index (χ1) is 9.80. The van der Waals surface area contributed by atoms with Crippen molar-refractivity contribution in [2.45, 2.75) is 4.90 Å². The second kappa shape index (κ2) is 5.38. The lowest BCUT2D eigenvalue weighted by Crippen LogP contribution is -1.99. The number of aromatic amines is 1. The Bertz CT molecular complexity index is 725. The minimum atomic E-state index is 0.477. The molecule has 20 heavy (non-hydrogen) atoms. The van der Waals surface area contributed by atoms with Crippen molar-refractivity contribution in [1.82, 2.24) is 20.2 Å². The molecule has 0 unspecified atom stereocenters. The smallest absolute Gasteiger partial charge is 0.235 e. The molecule has 0 saturated heterocycles. The van der Waals surface area contributed by atoms with Crippen LogP contribution in [-0.2, 0) is 0 Å². The molecule has 0 saturated carbocycles. The van der Waals surface area contributed by atoms with Crippen LogP contribution in [0.3, 0.4) is 0 Å². The maximum Gasteiger partial charge on any atom is 0.235 e. The number of benzene rings is 1. The van der Waals surface area contributed by atoms with Gasteiger partial charge in [-0.3, -0.25) is 5.10 Å². The average Bonchev–Trinajstić information content (AvgIpc) is 2.96. The van der Waals surface area contributed by atoms with Crippen molar-refractivity contribution >= 4 is 28.7 Å². The van der Waals surface area contributed by atoms with E-state index in [4.69, 9.17) is 4.74 Å². The number of ether oxygens (including phenoxy) is 1. The van der Waals surface area contributed by atoms with Crippen molar-refractivity contribution in [3.05, 3.63) is 30.5 Å². The fraction of sp³-hybridized carbons (Fsp3) is 0.154. The van der Waals surface area contributed by atoms with Crippen molar-refractivity contribution in [2.24, 2.45) is 0 Å². The predicted octanol–water partition coefficient (Wildman–Crippen LogP) is 2.91. The molecule has 0 radical (unpaired) electrons. The average molecular weight is 287 g/mol. The predicted molar refractivity (Wildman–Crippen MR) is 79.5 cm³/mol. The van der Waals surface area contributed by atoms with Gasteiger partial charge in [-0.05, 0) is 30.5 Å². The van der Waals surface area contributed by atoms with Crippen LogP contribution in [0.25, 0.3) is 11.0 Å². The van der Waals surface area contributed by atoms with E-state index in [9.17, 15) is 0 Å². The van der Waals surface area contributed by atoms with E-state index >= 15 is 0 Å². The summed E-state index contributed by atoms with van der Waals surface area (Å²) < 4.78 is 5.83. The van der Waals surface area contributed by atoms with Crippen LogP contribution in [0.4, 0.5) is 5.95 Å². The number of H-pyrrole nitrogens is 1. The second-order valence-electron chi connectivity index (χ2n) is 4.01. The Hall–Kier alpha value is -2.28. The van der Waals surface area contributed by atoms with Gasteiger partial charge in [0.25, 0.3) is 0 Å². The van der Waals surface area contributed by atoms with E-state index in [1.165, 1.54) is 4.90 Å². The second-order valence-corrected chi connectivity index (χ2v) is 4.89. The lowest BCUT2D eigenvalue weighted by Gasteiger charge is -2.07. The number of fused-ring (bicyclic) bond motifs is 1. The third kappa shape index (κ3) is 2.39. The van der Waals surface area contributed by atoms with E-state index in [1.54, 1.807) is 25.0 Å². The quantitative estimate of drug-likeness (QED) is 0.719. The number of nitrogens with one attached hydrogen (secondary N) is 2. The van der Waals surface area contributed by atoms with Gasteiger partial charge in [0.2, 0.25) is 11.8 Å². The summed E-state index contributed by atoms with van der Waals surface area (Å²) >= 11 is 1.69. The Morgan fingerprint density at radius 2 is 2.00 bits per heavy atom. The first kappa shape index (κ1) is 12.7. The van der Waals surface area contributed by atoms with Gasteiger partial charge in [-0.2, -0.15) is 15.1 Å². The minimum Gasteiger partial charge on any atom is -0.438 e. The van der Waals surface area contributed by atoms with E-state index in [2.05, 4.69) is 25.5 Å². The first-order valence-electron chi connectivity index (χ1n) is 6.01. The van der Waals surface area contributed by atoms with Crippen LogP contribution in [0.15, 0.2) is 35.4 Å². The standard InChI is InChI=1S/C13H13N5OS/c1-14-13-16-11-10(7-15-18-11)12(17-13)19-8-3-5-9(20-2)6-4-8/h3-7H,1-2H3,(H2,14,15,16,17,18). The Balaban J connectivity index is 1.98. The molecule has 2 heterocycles. The number of rotatable bonds is 4. The lowest BCUT2D eigenvalue weighted by molar-refractivity contribution is 0.468. The SMILES string of the molecule is CNc1nc(Oc2ccc(SC)cc2)c2cn[nH]c2n1. The normalized spacial score (nSPS) is 10.7. The first-order valence-corrected chi connectivity index (χ1v) is 7.23. The Kier molecular flexibility index (Phi) is 3.42. The molecule has 0 spiro atoms. The summed E-state index contributed by atoms with van der Waals surface area (Å²) in [5.41, 5.74) is 0.639. The van der Waals surface area contributed by atoms with E-state index in [0.29, 0.717) is 17.5 Å². The number of anilines is 1. The molecule has 3 aromatic rings. The molecule has 7 heteroatoms. The molecule has 3 rings (SSSR count). The van der Waals surface area contributed by atoms with Gasteiger partial charge in [-0.1, -0.05) is 0 Å². The van der Waals surface area contributed by atoms with Crippen LogP contribution >= 0.6 is 11.8 Å². The molecular formula is C13H13N5OS. The number of aromatic nitrogens is 4. The molecule has 0 amide bonds. The van der Waals surface area contributed by atoms with Crippen molar-refractivity contribution in [1.29, 1.82) is 0 Å². The number of thioether (sulfide) groups is 1.